The predicted octanol–water partition coefficient (Wildman–Crippen LogP) is 3.57. The van der Waals surface area contributed by atoms with Crippen LogP contribution in [0.5, 0.6) is 0 Å². The average molecular weight is 376 g/mol. The summed E-state index contributed by atoms with van der Waals surface area (Å²) in [5.41, 5.74) is 0.743. The summed E-state index contributed by atoms with van der Waals surface area (Å²) in [5.74, 6) is -0.422. The van der Waals surface area contributed by atoms with E-state index in [1.807, 2.05) is 0 Å². The Bertz CT molecular complexity index is 833. The largest absolute Gasteiger partial charge is 0.419 e. The number of nitrogens with one attached hydrogen (secondary N) is 1. The molecule has 7 heteroatoms. The highest BCUT2D eigenvalue weighted by Gasteiger charge is 2.13. The van der Waals surface area contributed by atoms with Gasteiger partial charge in [0.1, 0.15) is 5.82 Å². The summed E-state index contributed by atoms with van der Waals surface area (Å²) in [6.07, 6.45) is 0. The molecule has 0 aliphatic rings. The second kappa shape index (κ2) is 6.70. The van der Waals surface area contributed by atoms with E-state index in [0.717, 1.165) is 4.47 Å². The molecule has 0 aliphatic carbocycles. The number of amides is 1. The lowest BCUT2D eigenvalue weighted by atomic mass is 10.2. The molecule has 0 spiro atoms. The van der Waals surface area contributed by atoms with Crippen molar-refractivity contribution in [2.45, 2.75) is 6.54 Å². The van der Waals surface area contributed by atoms with Gasteiger partial charge in [-0.15, -0.1) is 10.2 Å². The van der Waals surface area contributed by atoms with Crippen molar-refractivity contribution in [3.63, 3.8) is 0 Å². The Morgan fingerprint density at radius 2 is 1.87 bits per heavy atom. The molecule has 0 saturated carbocycles. The molecule has 0 unspecified atom stereocenters. The summed E-state index contributed by atoms with van der Waals surface area (Å²) in [7, 11) is 0. The first-order valence-corrected chi connectivity index (χ1v) is 7.54. The van der Waals surface area contributed by atoms with Crippen molar-refractivity contribution in [2.75, 3.05) is 0 Å². The molecule has 0 aliphatic heterocycles. The number of hydrogen-bond donors (Lipinski definition) is 1. The van der Waals surface area contributed by atoms with E-state index >= 15 is 0 Å². The lowest BCUT2D eigenvalue weighted by molar-refractivity contribution is 0.0947. The molecular formula is C16H11BrFN3O2. The minimum absolute atomic E-state index is 0.0658. The Morgan fingerprint density at radius 3 is 2.61 bits per heavy atom. The Hall–Kier alpha value is -2.54. The number of rotatable bonds is 4. The second-order valence-electron chi connectivity index (χ2n) is 4.67. The minimum atomic E-state index is -0.443. The van der Waals surface area contributed by atoms with Crippen molar-refractivity contribution in [2.24, 2.45) is 0 Å². The molecule has 1 N–H and O–H groups in total. The van der Waals surface area contributed by atoms with E-state index in [4.69, 9.17) is 4.42 Å². The monoisotopic (exact) mass is 375 g/mol. The van der Waals surface area contributed by atoms with Crippen molar-refractivity contribution in [3.8, 4) is 11.5 Å². The fourth-order valence-corrected chi connectivity index (χ4v) is 2.19. The summed E-state index contributed by atoms with van der Waals surface area (Å²) in [4.78, 5) is 12.0. The first-order valence-electron chi connectivity index (χ1n) is 6.74. The minimum Gasteiger partial charge on any atom is -0.419 e. The molecule has 0 saturated heterocycles. The van der Waals surface area contributed by atoms with Crippen LogP contribution in [-0.4, -0.2) is 16.1 Å². The van der Waals surface area contributed by atoms with Crippen LogP contribution in [0.2, 0.25) is 0 Å². The number of carbonyl (C=O) groups excluding carboxylic acids is 1. The van der Waals surface area contributed by atoms with Crippen LogP contribution in [0, 0.1) is 5.82 Å². The Balaban J connectivity index is 1.67. The molecule has 1 aromatic heterocycles. The standard InChI is InChI=1S/C16H11BrFN3O2/c17-11-7-5-10(6-8-11)15(22)19-9-14-20-21-16(23-14)12-3-1-2-4-13(12)18/h1-8H,9H2,(H,19,22). The number of aromatic nitrogens is 2. The quantitative estimate of drug-likeness (QED) is 0.756. The number of nitrogens with zero attached hydrogens (tertiary/aromatic N) is 2. The van der Waals surface area contributed by atoms with E-state index in [1.165, 1.54) is 6.07 Å². The van der Waals surface area contributed by atoms with E-state index in [9.17, 15) is 9.18 Å². The van der Waals surface area contributed by atoms with Crippen molar-refractivity contribution >= 4 is 21.8 Å². The van der Waals surface area contributed by atoms with Crippen molar-refractivity contribution in [1.82, 2.24) is 15.5 Å². The van der Waals surface area contributed by atoms with Gasteiger partial charge in [-0.05, 0) is 36.4 Å². The third-order valence-corrected chi connectivity index (χ3v) is 3.61. The van der Waals surface area contributed by atoms with E-state index in [-0.39, 0.29) is 29.8 Å². The van der Waals surface area contributed by atoms with E-state index < -0.39 is 5.82 Å². The van der Waals surface area contributed by atoms with E-state index in [2.05, 4.69) is 31.4 Å². The van der Waals surface area contributed by atoms with Gasteiger partial charge in [0.15, 0.2) is 0 Å². The Kier molecular flexibility index (Phi) is 4.47. The molecular weight excluding hydrogens is 365 g/mol. The predicted molar refractivity (Wildman–Crippen MR) is 85.0 cm³/mol. The van der Waals surface area contributed by atoms with Gasteiger partial charge in [-0.1, -0.05) is 28.1 Å². The van der Waals surface area contributed by atoms with Gasteiger partial charge in [0.2, 0.25) is 5.89 Å². The van der Waals surface area contributed by atoms with Crippen LogP contribution in [0.15, 0.2) is 57.4 Å². The van der Waals surface area contributed by atoms with Gasteiger partial charge in [-0.25, -0.2) is 4.39 Å². The molecule has 1 heterocycles. The maximum atomic E-state index is 13.7. The zero-order valence-corrected chi connectivity index (χ0v) is 13.4. The zero-order valence-electron chi connectivity index (χ0n) is 11.8. The Morgan fingerprint density at radius 1 is 1.13 bits per heavy atom. The van der Waals surface area contributed by atoms with Gasteiger partial charge in [-0.2, -0.15) is 0 Å². The first kappa shape index (κ1) is 15.4. The van der Waals surface area contributed by atoms with Gasteiger partial charge in [0.05, 0.1) is 12.1 Å². The van der Waals surface area contributed by atoms with Gasteiger partial charge in [-0.3, -0.25) is 4.79 Å². The fourth-order valence-electron chi connectivity index (χ4n) is 1.93. The summed E-state index contributed by atoms with van der Waals surface area (Å²) >= 11 is 3.31. The third-order valence-electron chi connectivity index (χ3n) is 3.08. The summed E-state index contributed by atoms with van der Waals surface area (Å²) in [6.45, 7) is 0.0658. The average Bonchev–Trinajstić information content (AvgIpc) is 3.02. The van der Waals surface area contributed by atoms with Gasteiger partial charge in [0.25, 0.3) is 11.8 Å². The zero-order chi connectivity index (χ0) is 16.2. The third kappa shape index (κ3) is 3.62. The maximum Gasteiger partial charge on any atom is 0.251 e. The molecule has 3 aromatic rings. The van der Waals surface area contributed by atoms with Crippen LogP contribution < -0.4 is 5.32 Å². The number of benzene rings is 2. The van der Waals surface area contributed by atoms with Crippen molar-refractivity contribution in [3.05, 3.63) is 70.3 Å². The number of hydrogen-bond acceptors (Lipinski definition) is 4. The first-order chi connectivity index (χ1) is 11.1. The Labute approximate surface area is 139 Å². The highest BCUT2D eigenvalue weighted by atomic mass is 79.9. The number of carbonyl (C=O) groups is 1. The lowest BCUT2D eigenvalue weighted by Crippen LogP contribution is -2.22. The molecule has 0 fully saturated rings. The molecule has 116 valence electrons. The van der Waals surface area contributed by atoms with Gasteiger partial charge < -0.3 is 9.73 Å². The van der Waals surface area contributed by atoms with Crippen LogP contribution in [-0.2, 0) is 6.54 Å². The topological polar surface area (TPSA) is 68.0 Å². The highest BCUT2D eigenvalue weighted by molar-refractivity contribution is 9.10. The van der Waals surface area contributed by atoms with E-state index in [0.29, 0.717) is 5.56 Å². The maximum absolute atomic E-state index is 13.7. The lowest BCUT2D eigenvalue weighted by Gasteiger charge is -2.02. The molecule has 0 radical (unpaired) electrons. The summed E-state index contributed by atoms with van der Waals surface area (Å²) in [6, 6.07) is 13.1. The second-order valence-corrected chi connectivity index (χ2v) is 5.59. The normalized spacial score (nSPS) is 10.5. The van der Waals surface area contributed by atoms with Crippen LogP contribution >= 0.6 is 15.9 Å². The van der Waals surface area contributed by atoms with Crippen molar-refractivity contribution < 1.29 is 13.6 Å². The summed E-state index contributed by atoms with van der Waals surface area (Å²) < 4.78 is 19.9. The van der Waals surface area contributed by atoms with Crippen LogP contribution in [0.1, 0.15) is 16.2 Å². The van der Waals surface area contributed by atoms with Crippen molar-refractivity contribution in [1.29, 1.82) is 0 Å². The smallest absolute Gasteiger partial charge is 0.251 e. The van der Waals surface area contributed by atoms with E-state index in [1.54, 1.807) is 42.5 Å². The molecule has 0 bridgehead atoms. The summed E-state index contributed by atoms with van der Waals surface area (Å²) in [5, 5.41) is 10.3. The molecule has 2 aromatic carbocycles. The molecule has 23 heavy (non-hydrogen) atoms. The molecule has 5 nitrogen and oxygen atoms in total. The van der Waals surface area contributed by atoms with Gasteiger partial charge in [0, 0.05) is 10.0 Å². The van der Waals surface area contributed by atoms with Crippen LogP contribution in [0.3, 0.4) is 0 Å². The molecule has 1 amide bonds. The SMILES string of the molecule is O=C(NCc1nnc(-c2ccccc2F)o1)c1ccc(Br)cc1. The highest BCUT2D eigenvalue weighted by Crippen LogP contribution is 2.20. The van der Waals surface area contributed by atoms with Gasteiger partial charge >= 0.3 is 0 Å². The molecule has 3 rings (SSSR count). The number of halogens is 2. The van der Waals surface area contributed by atoms with Crippen LogP contribution in [0.4, 0.5) is 4.39 Å². The fraction of sp³-hybridized carbons (Fsp3) is 0.0625. The van der Waals surface area contributed by atoms with Crippen LogP contribution in [0.25, 0.3) is 11.5 Å². The molecule has 0 atom stereocenters.